The lowest BCUT2D eigenvalue weighted by atomic mass is 10.2. The van der Waals surface area contributed by atoms with Gasteiger partial charge < -0.3 is 20.8 Å². The summed E-state index contributed by atoms with van der Waals surface area (Å²) in [6, 6.07) is 9.57. The van der Waals surface area contributed by atoms with Crippen LogP contribution >= 0.6 is 0 Å². The number of benzene rings is 1. The molecule has 25 heavy (non-hydrogen) atoms. The maximum atomic E-state index is 12.2. The number of rotatable bonds is 6. The first-order valence-corrected chi connectivity index (χ1v) is 7.72. The Morgan fingerprint density at radius 3 is 2.80 bits per heavy atom. The number of aromatic nitrogens is 4. The number of ether oxygens (including phenoxy) is 1. The highest BCUT2D eigenvalue weighted by Crippen LogP contribution is 2.17. The molecule has 0 saturated heterocycles. The second-order valence-electron chi connectivity index (χ2n) is 5.40. The molecule has 3 aromatic rings. The van der Waals surface area contributed by atoms with Gasteiger partial charge in [0.2, 0.25) is 5.95 Å². The predicted octanol–water partition coefficient (Wildman–Crippen LogP) is 0.725. The molecular formula is C16H18N6O3. The van der Waals surface area contributed by atoms with Crippen molar-refractivity contribution in [3.8, 4) is 0 Å². The molecule has 4 N–H and O–H groups in total. The number of carbonyl (C=O) groups excluding carboxylic acids is 1. The molecular weight excluding hydrogens is 324 g/mol. The monoisotopic (exact) mass is 342 g/mol. The van der Waals surface area contributed by atoms with E-state index in [1.54, 1.807) is 0 Å². The van der Waals surface area contributed by atoms with Crippen LogP contribution in [0.5, 0.6) is 0 Å². The molecule has 0 aliphatic carbocycles. The summed E-state index contributed by atoms with van der Waals surface area (Å²) in [6.45, 7) is 2.21. The standard InChI is InChI=1S/C16H18N6O3/c1-10(23)25-8-7-18-15-20-13(17)12-14(21-15)22(16(24)19-12)9-11-5-3-2-4-6-11/h2-6H,7-9H2,1H3,(H,19,24)(H3,17,18,20,21). The van der Waals surface area contributed by atoms with Gasteiger partial charge in [-0.05, 0) is 5.56 Å². The minimum atomic E-state index is -0.361. The summed E-state index contributed by atoms with van der Waals surface area (Å²) < 4.78 is 6.34. The molecule has 0 radical (unpaired) electrons. The van der Waals surface area contributed by atoms with E-state index in [0.717, 1.165) is 5.56 Å². The van der Waals surface area contributed by atoms with Crippen LogP contribution in [0.3, 0.4) is 0 Å². The van der Waals surface area contributed by atoms with Gasteiger partial charge in [-0.15, -0.1) is 0 Å². The lowest BCUT2D eigenvalue weighted by Gasteiger charge is -2.07. The third-order valence-electron chi connectivity index (χ3n) is 3.52. The summed E-state index contributed by atoms with van der Waals surface area (Å²) in [7, 11) is 0. The molecule has 0 amide bonds. The van der Waals surface area contributed by atoms with E-state index < -0.39 is 0 Å². The zero-order valence-corrected chi connectivity index (χ0v) is 13.7. The van der Waals surface area contributed by atoms with Crippen molar-refractivity contribution < 1.29 is 9.53 Å². The number of carbonyl (C=O) groups is 1. The molecule has 0 aliphatic heterocycles. The zero-order chi connectivity index (χ0) is 17.8. The summed E-state index contributed by atoms with van der Waals surface area (Å²) in [5, 5.41) is 2.92. The number of nitrogen functional groups attached to an aromatic ring is 1. The van der Waals surface area contributed by atoms with Gasteiger partial charge in [0.05, 0.1) is 13.1 Å². The van der Waals surface area contributed by atoms with Gasteiger partial charge in [0, 0.05) is 6.92 Å². The summed E-state index contributed by atoms with van der Waals surface area (Å²) >= 11 is 0. The van der Waals surface area contributed by atoms with Crippen LogP contribution in [0.4, 0.5) is 11.8 Å². The number of aromatic amines is 1. The van der Waals surface area contributed by atoms with Crippen LogP contribution in [0.25, 0.3) is 11.2 Å². The van der Waals surface area contributed by atoms with Crippen LogP contribution in [0.1, 0.15) is 12.5 Å². The minimum absolute atomic E-state index is 0.170. The average molecular weight is 342 g/mol. The molecule has 2 aromatic heterocycles. The minimum Gasteiger partial charge on any atom is -0.464 e. The number of esters is 1. The van der Waals surface area contributed by atoms with Crippen LogP contribution in [0.15, 0.2) is 35.1 Å². The molecule has 1 aromatic carbocycles. The smallest absolute Gasteiger partial charge is 0.328 e. The number of anilines is 2. The lowest BCUT2D eigenvalue weighted by Crippen LogP contribution is -2.18. The molecule has 130 valence electrons. The van der Waals surface area contributed by atoms with E-state index in [1.165, 1.54) is 11.5 Å². The van der Waals surface area contributed by atoms with E-state index in [9.17, 15) is 9.59 Å². The van der Waals surface area contributed by atoms with Crippen molar-refractivity contribution in [2.45, 2.75) is 13.5 Å². The Morgan fingerprint density at radius 2 is 2.08 bits per heavy atom. The molecule has 0 saturated carbocycles. The van der Waals surface area contributed by atoms with E-state index in [1.807, 2.05) is 30.3 Å². The normalized spacial score (nSPS) is 10.8. The van der Waals surface area contributed by atoms with Gasteiger partial charge in [0.15, 0.2) is 11.5 Å². The fourth-order valence-corrected chi connectivity index (χ4v) is 2.40. The zero-order valence-electron chi connectivity index (χ0n) is 13.7. The van der Waals surface area contributed by atoms with Gasteiger partial charge in [-0.25, -0.2) is 4.79 Å². The first kappa shape index (κ1) is 16.5. The number of nitrogens with one attached hydrogen (secondary N) is 2. The average Bonchev–Trinajstić information content (AvgIpc) is 2.89. The van der Waals surface area contributed by atoms with Crippen LogP contribution < -0.4 is 16.7 Å². The maximum Gasteiger partial charge on any atom is 0.328 e. The van der Waals surface area contributed by atoms with Gasteiger partial charge >= 0.3 is 11.7 Å². The number of nitrogens with zero attached hydrogens (tertiary/aromatic N) is 3. The highest BCUT2D eigenvalue weighted by molar-refractivity contribution is 5.82. The van der Waals surface area contributed by atoms with Gasteiger partial charge in [0.25, 0.3) is 0 Å². The molecule has 0 bridgehead atoms. The van der Waals surface area contributed by atoms with Crippen LogP contribution in [-0.4, -0.2) is 38.6 Å². The predicted molar refractivity (Wildman–Crippen MR) is 93.2 cm³/mol. The van der Waals surface area contributed by atoms with Crippen molar-refractivity contribution in [2.24, 2.45) is 0 Å². The van der Waals surface area contributed by atoms with Crippen molar-refractivity contribution in [1.29, 1.82) is 0 Å². The Bertz CT molecular complexity index is 948. The van der Waals surface area contributed by atoms with Gasteiger partial charge in [-0.2, -0.15) is 9.97 Å². The summed E-state index contributed by atoms with van der Waals surface area (Å²) in [4.78, 5) is 34.2. The van der Waals surface area contributed by atoms with Gasteiger partial charge in [-0.1, -0.05) is 30.3 Å². The fraction of sp³-hybridized carbons (Fsp3) is 0.250. The van der Waals surface area contributed by atoms with Gasteiger partial charge in [-0.3, -0.25) is 9.36 Å². The molecule has 0 aliphatic rings. The largest absolute Gasteiger partial charge is 0.464 e. The number of nitrogens with two attached hydrogens (primary N) is 1. The van der Waals surface area contributed by atoms with Crippen molar-refractivity contribution in [3.05, 3.63) is 46.4 Å². The quantitative estimate of drug-likeness (QED) is 0.445. The Labute approximate surface area is 142 Å². The van der Waals surface area contributed by atoms with Crippen molar-refractivity contribution in [1.82, 2.24) is 19.5 Å². The van der Waals surface area contributed by atoms with Crippen molar-refractivity contribution >= 4 is 28.9 Å². The SMILES string of the molecule is CC(=O)OCCNc1nc(N)c2[nH]c(=O)n(Cc3ccccc3)c2n1. The first-order chi connectivity index (χ1) is 12.0. The number of hydrogen-bond acceptors (Lipinski definition) is 7. The molecule has 3 rings (SSSR count). The number of hydrogen-bond donors (Lipinski definition) is 3. The van der Waals surface area contributed by atoms with Crippen molar-refractivity contribution in [3.63, 3.8) is 0 Å². The molecule has 0 unspecified atom stereocenters. The summed E-state index contributed by atoms with van der Waals surface area (Å²) in [5.74, 6) is 0.0712. The number of imidazole rings is 1. The Balaban J connectivity index is 1.88. The molecule has 9 heteroatoms. The Hall–Kier alpha value is -3.36. The summed E-state index contributed by atoms with van der Waals surface area (Å²) in [5.41, 5.74) is 7.39. The van der Waals surface area contributed by atoms with Crippen LogP contribution in [-0.2, 0) is 16.1 Å². The van der Waals surface area contributed by atoms with Gasteiger partial charge in [0.1, 0.15) is 12.1 Å². The second kappa shape index (κ2) is 7.04. The molecule has 0 spiro atoms. The fourth-order valence-electron chi connectivity index (χ4n) is 2.40. The first-order valence-electron chi connectivity index (χ1n) is 7.72. The highest BCUT2D eigenvalue weighted by atomic mass is 16.5. The third-order valence-corrected chi connectivity index (χ3v) is 3.52. The lowest BCUT2D eigenvalue weighted by molar-refractivity contribution is -0.140. The van der Waals surface area contributed by atoms with E-state index in [-0.39, 0.29) is 30.0 Å². The third kappa shape index (κ3) is 3.77. The molecule has 2 heterocycles. The number of H-pyrrole nitrogens is 1. The van der Waals surface area contributed by atoms with E-state index in [2.05, 4.69) is 20.3 Å². The summed E-state index contributed by atoms with van der Waals surface area (Å²) in [6.07, 6.45) is 0. The highest BCUT2D eigenvalue weighted by Gasteiger charge is 2.14. The van der Waals surface area contributed by atoms with Crippen molar-refractivity contribution in [2.75, 3.05) is 24.2 Å². The van der Waals surface area contributed by atoms with Crippen LogP contribution in [0, 0.1) is 0 Å². The van der Waals surface area contributed by atoms with E-state index in [4.69, 9.17) is 10.5 Å². The van der Waals surface area contributed by atoms with E-state index >= 15 is 0 Å². The molecule has 0 atom stereocenters. The Kier molecular flexibility index (Phi) is 4.64. The van der Waals surface area contributed by atoms with Crippen LogP contribution in [0.2, 0.25) is 0 Å². The second-order valence-corrected chi connectivity index (χ2v) is 5.40. The maximum absolute atomic E-state index is 12.2. The topological polar surface area (TPSA) is 128 Å². The number of fused-ring (bicyclic) bond motifs is 1. The molecule has 9 nitrogen and oxygen atoms in total. The van der Waals surface area contributed by atoms with E-state index in [0.29, 0.717) is 24.3 Å². The Morgan fingerprint density at radius 1 is 1.32 bits per heavy atom. The molecule has 0 fully saturated rings.